The van der Waals surface area contributed by atoms with E-state index >= 15 is 0 Å². The summed E-state index contributed by atoms with van der Waals surface area (Å²) in [5.41, 5.74) is 6.65. The number of pyridine rings is 1. The van der Waals surface area contributed by atoms with Crippen LogP contribution in [0.25, 0.3) is 33.2 Å². The molecule has 0 saturated carbocycles. The molecule has 25 heavy (non-hydrogen) atoms. The minimum absolute atomic E-state index is 0.495. The maximum atomic E-state index is 6.08. The van der Waals surface area contributed by atoms with Crippen LogP contribution in [0.3, 0.4) is 0 Å². The van der Waals surface area contributed by atoms with Crippen molar-refractivity contribution in [3.05, 3.63) is 65.9 Å². The van der Waals surface area contributed by atoms with Crippen molar-refractivity contribution in [1.29, 1.82) is 0 Å². The highest BCUT2D eigenvalue weighted by Crippen LogP contribution is 2.34. The molecule has 0 saturated heterocycles. The Bertz CT molecular complexity index is 1060. The van der Waals surface area contributed by atoms with Crippen LogP contribution in [-0.4, -0.2) is 4.98 Å². The highest BCUT2D eigenvalue weighted by Gasteiger charge is 2.11. The first-order valence-electron chi connectivity index (χ1n) is 8.95. The van der Waals surface area contributed by atoms with E-state index in [2.05, 4.69) is 81.2 Å². The van der Waals surface area contributed by atoms with Gasteiger partial charge in [-0.05, 0) is 59.4 Å². The molecular formula is C23H23NO. The second-order valence-corrected chi connectivity index (χ2v) is 7.35. The van der Waals surface area contributed by atoms with E-state index in [1.807, 2.05) is 6.20 Å². The Kier molecular flexibility index (Phi) is 3.84. The fraction of sp³-hybridized carbons (Fsp3) is 0.261. The lowest BCUT2D eigenvalue weighted by Crippen LogP contribution is -1.90. The fourth-order valence-electron chi connectivity index (χ4n) is 3.28. The van der Waals surface area contributed by atoms with E-state index in [-0.39, 0.29) is 0 Å². The molecule has 2 nitrogen and oxygen atoms in total. The summed E-state index contributed by atoms with van der Waals surface area (Å²) in [6.07, 6.45) is 1.90. The number of hydrogen-bond donors (Lipinski definition) is 0. The third-order valence-electron chi connectivity index (χ3n) is 4.91. The van der Waals surface area contributed by atoms with Crippen molar-refractivity contribution in [3.63, 3.8) is 0 Å². The van der Waals surface area contributed by atoms with E-state index in [4.69, 9.17) is 4.42 Å². The standard InChI is InChI=1S/C23H23NO/c1-14(2)16-5-7-19-20-11-18(6-8-22(20)25-23(19)13-16)21-12-17(15(3)4)9-10-24-21/h5-15H,1-4H3. The first-order chi connectivity index (χ1) is 12.0. The normalized spacial score (nSPS) is 11.9. The Balaban J connectivity index is 1.87. The van der Waals surface area contributed by atoms with Gasteiger partial charge in [0.25, 0.3) is 0 Å². The average molecular weight is 329 g/mol. The molecule has 0 amide bonds. The summed E-state index contributed by atoms with van der Waals surface area (Å²) in [6, 6.07) is 17.2. The molecule has 2 aromatic carbocycles. The van der Waals surface area contributed by atoms with Crippen LogP contribution in [0.5, 0.6) is 0 Å². The molecule has 2 heterocycles. The van der Waals surface area contributed by atoms with Gasteiger partial charge in [-0.2, -0.15) is 0 Å². The summed E-state index contributed by atoms with van der Waals surface area (Å²) >= 11 is 0. The molecule has 0 aliphatic rings. The van der Waals surface area contributed by atoms with Gasteiger partial charge >= 0.3 is 0 Å². The predicted octanol–water partition coefficient (Wildman–Crippen LogP) is 6.89. The molecule has 0 spiro atoms. The minimum atomic E-state index is 0.495. The van der Waals surface area contributed by atoms with Gasteiger partial charge in [0.2, 0.25) is 0 Å². The molecule has 0 bridgehead atoms. The van der Waals surface area contributed by atoms with Crippen molar-refractivity contribution in [1.82, 2.24) is 4.98 Å². The van der Waals surface area contributed by atoms with Gasteiger partial charge in [-0.1, -0.05) is 39.8 Å². The maximum Gasteiger partial charge on any atom is 0.135 e. The Hall–Kier alpha value is -2.61. The van der Waals surface area contributed by atoms with E-state index < -0.39 is 0 Å². The number of aromatic nitrogens is 1. The molecule has 2 heteroatoms. The van der Waals surface area contributed by atoms with E-state index in [9.17, 15) is 0 Å². The van der Waals surface area contributed by atoms with Crippen molar-refractivity contribution in [2.75, 3.05) is 0 Å². The van der Waals surface area contributed by atoms with Gasteiger partial charge in [-0.15, -0.1) is 0 Å². The topological polar surface area (TPSA) is 26.0 Å². The Labute approximate surface area is 148 Å². The van der Waals surface area contributed by atoms with E-state index in [0.29, 0.717) is 11.8 Å². The number of hydrogen-bond acceptors (Lipinski definition) is 2. The second-order valence-electron chi connectivity index (χ2n) is 7.35. The zero-order valence-corrected chi connectivity index (χ0v) is 15.2. The maximum absolute atomic E-state index is 6.08. The molecule has 0 aliphatic heterocycles. The quantitative estimate of drug-likeness (QED) is 0.409. The number of benzene rings is 2. The van der Waals surface area contributed by atoms with Crippen molar-refractivity contribution < 1.29 is 4.42 Å². The van der Waals surface area contributed by atoms with Crippen LogP contribution in [0.2, 0.25) is 0 Å². The molecule has 0 fully saturated rings. The lowest BCUT2D eigenvalue weighted by Gasteiger charge is -2.07. The molecule has 2 aromatic heterocycles. The lowest BCUT2D eigenvalue weighted by molar-refractivity contribution is 0.667. The molecule has 0 aliphatic carbocycles. The summed E-state index contributed by atoms with van der Waals surface area (Å²) in [5, 5.41) is 2.32. The van der Waals surface area contributed by atoms with Crippen LogP contribution in [0.1, 0.15) is 50.7 Å². The van der Waals surface area contributed by atoms with Crippen LogP contribution in [0.15, 0.2) is 59.1 Å². The summed E-state index contributed by atoms with van der Waals surface area (Å²) in [6.45, 7) is 8.82. The summed E-state index contributed by atoms with van der Waals surface area (Å²) in [4.78, 5) is 4.57. The molecule has 0 N–H and O–H groups in total. The van der Waals surface area contributed by atoms with Gasteiger partial charge in [0.15, 0.2) is 0 Å². The van der Waals surface area contributed by atoms with Crippen molar-refractivity contribution in [2.24, 2.45) is 0 Å². The molecular weight excluding hydrogens is 306 g/mol. The van der Waals surface area contributed by atoms with Crippen LogP contribution in [0, 0.1) is 0 Å². The molecule has 0 atom stereocenters. The Morgan fingerprint density at radius 1 is 0.720 bits per heavy atom. The van der Waals surface area contributed by atoms with Crippen LogP contribution in [-0.2, 0) is 0 Å². The average Bonchev–Trinajstić information content (AvgIpc) is 2.98. The lowest BCUT2D eigenvalue weighted by atomic mass is 9.99. The van der Waals surface area contributed by atoms with Gasteiger partial charge in [-0.3, -0.25) is 4.98 Å². The van der Waals surface area contributed by atoms with Gasteiger partial charge in [-0.25, -0.2) is 0 Å². The zero-order valence-electron chi connectivity index (χ0n) is 15.2. The first kappa shape index (κ1) is 15.9. The SMILES string of the molecule is CC(C)c1ccnc(-c2ccc3oc4cc(C(C)C)ccc4c3c2)c1. The summed E-state index contributed by atoms with van der Waals surface area (Å²) in [5.74, 6) is 0.992. The van der Waals surface area contributed by atoms with Gasteiger partial charge in [0, 0.05) is 22.5 Å². The third kappa shape index (κ3) is 2.82. The zero-order chi connectivity index (χ0) is 17.6. The van der Waals surface area contributed by atoms with Crippen molar-refractivity contribution in [3.8, 4) is 11.3 Å². The van der Waals surface area contributed by atoms with Crippen LogP contribution in [0.4, 0.5) is 0 Å². The fourth-order valence-corrected chi connectivity index (χ4v) is 3.28. The van der Waals surface area contributed by atoms with Crippen LogP contribution < -0.4 is 0 Å². The number of furan rings is 1. The number of nitrogens with zero attached hydrogens (tertiary/aromatic N) is 1. The first-order valence-corrected chi connectivity index (χ1v) is 8.95. The van der Waals surface area contributed by atoms with Crippen molar-refractivity contribution in [2.45, 2.75) is 39.5 Å². The Morgan fingerprint density at radius 2 is 1.48 bits per heavy atom. The predicted molar refractivity (Wildman–Crippen MR) is 105 cm³/mol. The summed E-state index contributed by atoms with van der Waals surface area (Å²) < 4.78 is 6.08. The van der Waals surface area contributed by atoms with Crippen LogP contribution >= 0.6 is 0 Å². The molecule has 4 aromatic rings. The van der Waals surface area contributed by atoms with Gasteiger partial charge in [0.05, 0.1) is 5.69 Å². The third-order valence-corrected chi connectivity index (χ3v) is 4.91. The highest BCUT2D eigenvalue weighted by molar-refractivity contribution is 6.06. The molecule has 0 radical (unpaired) electrons. The monoisotopic (exact) mass is 329 g/mol. The molecule has 0 unspecified atom stereocenters. The van der Waals surface area contributed by atoms with Gasteiger partial charge < -0.3 is 4.42 Å². The number of rotatable bonds is 3. The number of fused-ring (bicyclic) bond motifs is 3. The Morgan fingerprint density at radius 3 is 2.24 bits per heavy atom. The second kappa shape index (κ2) is 6.03. The van der Waals surface area contributed by atoms with E-state index in [1.165, 1.54) is 16.5 Å². The molecule has 4 rings (SSSR count). The summed E-state index contributed by atoms with van der Waals surface area (Å²) in [7, 11) is 0. The highest BCUT2D eigenvalue weighted by atomic mass is 16.3. The minimum Gasteiger partial charge on any atom is -0.456 e. The van der Waals surface area contributed by atoms with E-state index in [1.54, 1.807) is 0 Å². The smallest absolute Gasteiger partial charge is 0.135 e. The van der Waals surface area contributed by atoms with Gasteiger partial charge in [0.1, 0.15) is 11.2 Å². The largest absolute Gasteiger partial charge is 0.456 e. The van der Waals surface area contributed by atoms with E-state index in [0.717, 1.165) is 27.8 Å². The molecule has 126 valence electrons. The van der Waals surface area contributed by atoms with Crippen molar-refractivity contribution >= 4 is 21.9 Å².